The van der Waals surface area contributed by atoms with Crippen LogP contribution in [0.3, 0.4) is 0 Å². The number of methoxy groups -OCH3 is 1. The van der Waals surface area contributed by atoms with E-state index in [1.54, 1.807) is 4.90 Å². The number of halogens is 1. The number of benzene rings is 1. The van der Waals surface area contributed by atoms with E-state index in [0.29, 0.717) is 31.6 Å². The highest BCUT2D eigenvalue weighted by Gasteiger charge is 2.22. The largest absolute Gasteiger partial charge is 0.465 e. The average Bonchev–Trinajstić information content (AvgIpc) is 2.47. The first-order chi connectivity index (χ1) is 10.0. The number of hydrogen-bond acceptors (Lipinski definition) is 4. The minimum absolute atomic E-state index is 0.0470. The molecule has 0 aliphatic carbocycles. The molecule has 0 atom stereocenters. The van der Waals surface area contributed by atoms with Gasteiger partial charge in [0.2, 0.25) is 0 Å². The number of primary amides is 1. The molecule has 1 fully saturated rings. The highest BCUT2D eigenvalue weighted by atomic mass is 19.1. The number of urea groups is 1. The predicted molar refractivity (Wildman–Crippen MR) is 75.5 cm³/mol. The lowest BCUT2D eigenvalue weighted by atomic mass is 10.0. The van der Waals surface area contributed by atoms with Gasteiger partial charge in [-0.15, -0.1) is 0 Å². The zero-order valence-corrected chi connectivity index (χ0v) is 11.8. The third-order valence-electron chi connectivity index (χ3n) is 3.55. The fourth-order valence-electron chi connectivity index (χ4n) is 2.39. The first-order valence-corrected chi connectivity index (χ1v) is 6.70. The third kappa shape index (κ3) is 3.62. The summed E-state index contributed by atoms with van der Waals surface area (Å²) in [7, 11) is 1.28. The van der Waals surface area contributed by atoms with E-state index < -0.39 is 17.8 Å². The van der Waals surface area contributed by atoms with E-state index in [0.717, 1.165) is 0 Å². The lowest BCUT2D eigenvalue weighted by molar-refractivity contribution is 0.0601. The summed E-state index contributed by atoms with van der Waals surface area (Å²) in [6, 6.07) is 3.49. The van der Waals surface area contributed by atoms with E-state index in [1.165, 1.54) is 25.3 Å². The molecule has 1 heterocycles. The van der Waals surface area contributed by atoms with Gasteiger partial charge in [-0.2, -0.15) is 0 Å². The van der Waals surface area contributed by atoms with Gasteiger partial charge in [0.15, 0.2) is 0 Å². The van der Waals surface area contributed by atoms with Crippen LogP contribution in [0.4, 0.5) is 14.9 Å². The monoisotopic (exact) mass is 295 g/mol. The molecule has 0 aromatic heterocycles. The van der Waals surface area contributed by atoms with Gasteiger partial charge in [0, 0.05) is 19.1 Å². The van der Waals surface area contributed by atoms with Gasteiger partial charge >= 0.3 is 12.0 Å². The van der Waals surface area contributed by atoms with Crippen LogP contribution >= 0.6 is 0 Å². The lowest BCUT2D eigenvalue weighted by Crippen LogP contribution is -2.44. The van der Waals surface area contributed by atoms with Crippen molar-refractivity contribution >= 4 is 17.7 Å². The Bertz CT molecular complexity index is 542. The zero-order valence-electron chi connectivity index (χ0n) is 11.8. The second-order valence-electron chi connectivity index (χ2n) is 4.93. The van der Waals surface area contributed by atoms with Gasteiger partial charge in [-0.05, 0) is 31.0 Å². The molecule has 0 saturated carbocycles. The summed E-state index contributed by atoms with van der Waals surface area (Å²) in [6.07, 6.45) is 1.36. The molecule has 1 aliphatic heterocycles. The van der Waals surface area contributed by atoms with Crippen molar-refractivity contribution in [3.05, 3.63) is 29.6 Å². The minimum Gasteiger partial charge on any atom is -0.465 e. The maximum Gasteiger partial charge on any atom is 0.339 e. The highest BCUT2D eigenvalue weighted by Crippen LogP contribution is 2.22. The Morgan fingerprint density at radius 2 is 2.05 bits per heavy atom. The molecule has 6 nitrogen and oxygen atoms in total. The molecule has 0 radical (unpaired) electrons. The second kappa shape index (κ2) is 6.43. The summed E-state index contributed by atoms with van der Waals surface area (Å²) in [5.41, 5.74) is 5.91. The van der Waals surface area contributed by atoms with Gasteiger partial charge in [-0.3, -0.25) is 0 Å². The van der Waals surface area contributed by atoms with Crippen LogP contribution in [-0.4, -0.2) is 43.1 Å². The number of esters is 1. The summed E-state index contributed by atoms with van der Waals surface area (Å²) >= 11 is 0. The standard InChI is InChI=1S/C14H18FN3O3/c1-21-13(19)11-3-2-9(15)8-12(11)17-10-4-6-18(7-5-10)14(16)20/h2-3,8,10,17H,4-7H2,1H3,(H2,16,20). The van der Waals surface area contributed by atoms with Gasteiger partial charge in [0.05, 0.1) is 18.4 Å². The van der Waals surface area contributed by atoms with Crippen LogP contribution < -0.4 is 11.1 Å². The van der Waals surface area contributed by atoms with Crippen molar-refractivity contribution < 1.29 is 18.7 Å². The Balaban J connectivity index is 2.08. The Labute approximate surface area is 122 Å². The van der Waals surface area contributed by atoms with Gasteiger partial charge in [0.25, 0.3) is 0 Å². The second-order valence-corrected chi connectivity index (χ2v) is 4.93. The number of ether oxygens (including phenoxy) is 1. The van der Waals surface area contributed by atoms with Crippen LogP contribution in [0.2, 0.25) is 0 Å². The highest BCUT2D eigenvalue weighted by molar-refractivity contribution is 5.95. The Morgan fingerprint density at radius 3 is 2.62 bits per heavy atom. The van der Waals surface area contributed by atoms with E-state index >= 15 is 0 Å². The van der Waals surface area contributed by atoms with Crippen LogP contribution in [0.15, 0.2) is 18.2 Å². The average molecular weight is 295 g/mol. The Morgan fingerprint density at radius 1 is 1.38 bits per heavy atom. The molecule has 114 valence electrons. The van der Waals surface area contributed by atoms with Gasteiger partial charge in [0.1, 0.15) is 5.82 Å². The smallest absolute Gasteiger partial charge is 0.339 e. The lowest BCUT2D eigenvalue weighted by Gasteiger charge is -2.32. The van der Waals surface area contributed by atoms with E-state index in [-0.39, 0.29) is 11.6 Å². The maximum absolute atomic E-state index is 13.4. The number of nitrogens with two attached hydrogens (primary N) is 1. The van der Waals surface area contributed by atoms with Crippen LogP contribution in [-0.2, 0) is 4.74 Å². The molecule has 2 amide bonds. The number of rotatable bonds is 3. The van der Waals surface area contributed by atoms with Gasteiger partial charge in [-0.25, -0.2) is 14.0 Å². The number of carbonyl (C=O) groups excluding carboxylic acids is 2. The van der Waals surface area contributed by atoms with Crippen LogP contribution in [0.5, 0.6) is 0 Å². The molecular formula is C14H18FN3O3. The predicted octanol–water partition coefficient (Wildman–Crippen LogP) is 1.57. The fourth-order valence-corrected chi connectivity index (χ4v) is 2.39. The van der Waals surface area contributed by atoms with Crippen molar-refractivity contribution in [2.24, 2.45) is 5.73 Å². The molecule has 1 aromatic carbocycles. The molecule has 1 aliphatic rings. The van der Waals surface area contributed by atoms with Crippen molar-refractivity contribution in [3.63, 3.8) is 0 Å². The van der Waals surface area contributed by atoms with E-state index in [4.69, 9.17) is 5.73 Å². The molecule has 0 bridgehead atoms. The SMILES string of the molecule is COC(=O)c1ccc(F)cc1NC1CCN(C(N)=O)CC1. The molecule has 0 unspecified atom stereocenters. The van der Waals surface area contributed by atoms with E-state index in [9.17, 15) is 14.0 Å². The fraction of sp³-hybridized carbons (Fsp3) is 0.429. The third-order valence-corrected chi connectivity index (χ3v) is 3.55. The molecule has 1 aromatic rings. The topological polar surface area (TPSA) is 84.7 Å². The first-order valence-electron chi connectivity index (χ1n) is 6.70. The van der Waals surface area contributed by atoms with Crippen molar-refractivity contribution in [2.45, 2.75) is 18.9 Å². The molecule has 1 saturated heterocycles. The van der Waals surface area contributed by atoms with E-state index in [1.807, 2.05) is 0 Å². The number of amides is 2. The van der Waals surface area contributed by atoms with Crippen molar-refractivity contribution in [2.75, 3.05) is 25.5 Å². The summed E-state index contributed by atoms with van der Waals surface area (Å²) < 4.78 is 18.1. The quantitative estimate of drug-likeness (QED) is 0.829. The Kier molecular flexibility index (Phi) is 4.62. The van der Waals surface area contributed by atoms with Crippen molar-refractivity contribution in [1.82, 2.24) is 4.90 Å². The van der Waals surface area contributed by atoms with Gasteiger partial charge < -0.3 is 20.7 Å². The molecular weight excluding hydrogens is 277 g/mol. The van der Waals surface area contributed by atoms with E-state index in [2.05, 4.69) is 10.1 Å². The number of hydrogen-bond donors (Lipinski definition) is 2. The minimum atomic E-state index is -0.521. The summed E-state index contributed by atoms with van der Waals surface area (Å²) in [5.74, 6) is -0.952. The first kappa shape index (κ1) is 15.1. The number of anilines is 1. The molecule has 7 heteroatoms. The molecule has 3 N–H and O–H groups in total. The normalized spacial score (nSPS) is 15.6. The number of carbonyl (C=O) groups is 2. The van der Waals surface area contributed by atoms with Crippen LogP contribution in [0.25, 0.3) is 0 Å². The number of piperidine rings is 1. The van der Waals surface area contributed by atoms with Crippen LogP contribution in [0, 0.1) is 5.82 Å². The molecule has 0 spiro atoms. The summed E-state index contributed by atoms with van der Waals surface area (Å²) in [4.78, 5) is 24.3. The Hall–Kier alpha value is -2.31. The number of likely N-dealkylation sites (tertiary alicyclic amines) is 1. The zero-order chi connectivity index (χ0) is 15.4. The maximum atomic E-state index is 13.4. The summed E-state index contributed by atoms with van der Waals surface area (Å²) in [6.45, 7) is 1.08. The number of nitrogens with one attached hydrogen (secondary N) is 1. The number of nitrogens with zero attached hydrogens (tertiary/aromatic N) is 1. The molecule has 2 rings (SSSR count). The summed E-state index contributed by atoms with van der Waals surface area (Å²) in [5, 5.41) is 3.15. The van der Waals surface area contributed by atoms with Crippen molar-refractivity contribution in [1.29, 1.82) is 0 Å². The van der Waals surface area contributed by atoms with Crippen LogP contribution in [0.1, 0.15) is 23.2 Å². The molecule has 21 heavy (non-hydrogen) atoms. The van der Waals surface area contributed by atoms with Gasteiger partial charge in [-0.1, -0.05) is 0 Å². The van der Waals surface area contributed by atoms with Crippen molar-refractivity contribution in [3.8, 4) is 0 Å².